The van der Waals surface area contributed by atoms with Gasteiger partial charge in [-0.1, -0.05) is 0 Å². The maximum Gasteiger partial charge on any atom is 0.417 e. The van der Waals surface area contributed by atoms with Gasteiger partial charge in [0.05, 0.1) is 23.1 Å². The molecule has 0 aliphatic heterocycles. The van der Waals surface area contributed by atoms with Crippen molar-refractivity contribution in [3.8, 4) is 5.75 Å². The molecule has 4 N–H and O–H groups in total. The highest BCUT2D eigenvalue weighted by atomic mass is 19.4. The number of phenols is 1. The minimum Gasteiger partial charge on any atom is -0.507 e. The molecule has 0 aromatic heterocycles. The third-order valence-electron chi connectivity index (χ3n) is 10.2. The van der Waals surface area contributed by atoms with E-state index in [1.165, 1.54) is 19.0 Å². The number of primary amides is 1. The minimum absolute atomic E-state index is 0.0630. The number of aliphatic hydroxyl groups is 1. The Balaban J connectivity index is 1.43. The van der Waals surface area contributed by atoms with Crippen molar-refractivity contribution >= 4 is 29.0 Å². The molecule has 2 unspecified atom stereocenters. The number of hydrogen-bond donors (Lipinski definition) is 3. The summed E-state index contributed by atoms with van der Waals surface area (Å²) in [4.78, 5) is 69.8. The molecule has 0 bridgehead atoms. The molecule has 0 radical (unpaired) electrons. The Morgan fingerprint density at radius 1 is 1.05 bits per heavy atom. The van der Waals surface area contributed by atoms with Crippen LogP contribution in [0.3, 0.4) is 0 Å². The topological polar surface area (TPSA) is 158 Å². The van der Waals surface area contributed by atoms with E-state index >= 15 is 0 Å². The summed E-state index contributed by atoms with van der Waals surface area (Å²) in [7, 11) is 2.88. The molecule has 1 amide bonds. The van der Waals surface area contributed by atoms with E-state index in [1.807, 2.05) is 4.90 Å². The maximum absolute atomic E-state index is 14.9. The summed E-state index contributed by atoms with van der Waals surface area (Å²) < 4.78 is 44.6. The number of nitrogens with two attached hydrogens (primary N) is 1. The van der Waals surface area contributed by atoms with Gasteiger partial charge in [-0.15, -0.1) is 0 Å². The Labute approximate surface area is 251 Å². The minimum atomic E-state index is -4.89. The number of alkyl halides is 3. The van der Waals surface area contributed by atoms with E-state index in [1.54, 1.807) is 0 Å². The van der Waals surface area contributed by atoms with E-state index in [0.29, 0.717) is 24.9 Å². The number of aromatic hydroxyl groups is 1. The van der Waals surface area contributed by atoms with Gasteiger partial charge in [-0.25, -0.2) is 0 Å². The average molecular weight is 620 g/mol. The number of nitrogens with zero attached hydrogens (tertiary/aromatic N) is 2. The Bertz CT molecular complexity index is 1450. The van der Waals surface area contributed by atoms with Crippen molar-refractivity contribution in [3.05, 3.63) is 28.3 Å². The molecule has 5 aliphatic carbocycles. The van der Waals surface area contributed by atoms with E-state index in [0.717, 1.165) is 31.7 Å². The number of phenolic OH excluding ortho intramolecular Hbond substituents is 1. The summed E-state index contributed by atoms with van der Waals surface area (Å²) in [6, 6.07) is -0.385. The van der Waals surface area contributed by atoms with Crippen LogP contribution in [0, 0.1) is 35.5 Å². The standard InChI is InChI=1S/C31H36F3N3O7/c1-36(2)24-18-8-15-7-17-21(25(39)20(15)27(41)30(18,44)28(42)22(26(24)40)29(35)43)19(38)9-16(23(17)31(32,33)34)12-37(10-13-3-4-13)11-14-5-6-14/h9,13-15,18,20,22,24,38,44H,3-8,10-12H2,1-2H3,(H2,35,43)/t15-,18-,20?,22?,24-,30-/m0/s1. The lowest BCUT2D eigenvalue weighted by molar-refractivity contribution is -0.181. The van der Waals surface area contributed by atoms with E-state index < -0.39 is 99.4 Å². The van der Waals surface area contributed by atoms with Gasteiger partial charge in [0, 0.05) is 25.6 Å². The second-order valence-corrected chi connectivity index (χ2v) is 13.7. The van der Waals surface area contributed by atoms with Crippen molar-refractivity contribution in [1.82, 2.24) is 9.80 Å². The molecule has 6 atom stereocenters. The predicted octanol–water partition coefficient (Wildman–Crippen LogP) is 1.51. The molecule has 44 heavy (non-hydrogen) atoms. The summed E-state index contributed by atoms with van der Waals surface area (Å²) in [6.07, 6.45) is -1.58. The first kappa shape index (κ1) is 30.8. The van der Waals surface area contributed by atoms with Gasteiger partial charge in [0.25, 0.3) is 0 Å². The van der Waals surface area contributed by atoms with E-state index in [4.69, 9.17) is 5.73 Å². The number of fused-ring (bicyclic) bond motifs is 3. The highest BCUT2D eigenvalue weighted by Crippen LogP contribution is 2.53. The third-order valence-corrected chi connectivity index (χ3v) is 10.2. The molecule has 1 aromatic rings. The normalized spacial score (nSPS) is 32.1. The Hall–Kier alpha value is -3.16. The molecular formula is C31H36F3N3O7. The van der Waals surface area contributed by atoms with Crippen molar-refractivity contribution in [2.75, 3.05) is 27.2 Å². The quantitative estimate of drug-likeness (QED) is 0.367. The van der Waals surface area contributed by atoms with Gasteiger partial charge in [0.15, 0.2) is 34.7 Å². The highest BCUT2D eigenvalue weighted by Gasteiger charge is 2.69. The monoisotopic (exact) mass is 619 g/mol. The van der Waals surface area contributed by atoms with Crippen LogP contribution in [0.25, 0.3) is 0 Å². The smallest absolute Gasteiger partial charge is 0.417 e. The second-order valence-electron chi connectivity index (χ2n) is 13.7. The van der Waals surface area contributed by atoms with Gasteiger partial charge in [-0.2, -0.15) is 13.2 Å². The molecule has 5 aliphatic rings. The highest BCUT2D eigenvalue weighted by molar-refractivity contribution is 6.32. The van der Waals surface area contributed by atoms with Crippen LogP contribution >= 0.6 is 0 Å². The summed E-state index contributed by atoms with van der Waals surface area (Å²) in [5, 5.41) is 22.7. The van der Waals surface area contributed by atoms with Gasteiger partial charge in [-0.05, 0) is 87.6 Å². The summed E-state index contributed by atoms with van der Waals surface area (Å²) in [5.41, 5.74) is 0.135. The molecule has 0 saturated heterocycles. The van der Waals surface area contributed by atoms with Gasteiger partial charge >= 0.3 is 6.18 Å². The van der Waals surface area contributed by atoms with E-state index in [2.05, 4.69) is 0 Å². The first-order valence-corrected chi connectivity index (χ1v) is 15.1. The number of Topliss-reactive ketones (excluding diaryl/α,β-unsaturated/α-hetero) is 4. The lowest BCUT2D eigenvalue weighted by Crippen LogP contribution is -2.74. The molecule has 13 heteroatoms. The number of halogens is 3. The largest absolute Gasteiger partial charge is 0.507 e. The Morgan fingerprint density at radius 2 is 1.64 bits per heavy atom. The van der Waals surface area contributed by atoms with Crippen molar-refractivity contribution in [2.45, 2.75) is 62.9 Å². The van der Waals surface area contributed by atoms with Gasteiger partial charge in [-0.3, -0.25) is 33.8 Å². The van der Waals surface area contributed by atoms with Crippen LogP contribution < -0.4 is 5.73 Å². The van der Waals surface area contributed by atoms with Crippen LogP contribution in [0.15, 0.2) is 6.07 Å². The molecular weight excluding hydrogens is 583 g/mol. The molecule has 4 saturated carbocycles. The number of carbonyl (C=O) groups excluding carboxylic acids is 5. The molecule has 10 nitrogen and oxygen atoms in total. The fourth-order valence-corrected chi connectivity index (χ4v) is 8.00. The fourth-order valence-electron chi connectivity index (χ4n) is 8.00. The lowest BCUT2D eigenvalue weighted by Gasteiger charge is -2.52. The van der Waals surface area contributed by atoms with Crippen molar-refractivity contribution < 1.29 is 47.4 Å². The summed E-state index contributed by atoms with van der Waals surface area (Å²) >= 11 is 0. The number of carbonyl (C=O) groups is 5. The zero-order valence-corrected chi connectivity index (χ0v) is 24.5. The second kappa shape index (κ2) is 10.4. The van der Waals surface area contributed by atoms with E-state index in [-0.39, 0.29) is 18.5 Å². The Morgan fingerprint density at radius 3 is 2.14 bits per heavy atom. The SMILES string of the molecule is CN(C)[C@@H]1C(=O)C(C(N)=O)C(=O)[C@@]2(O)C(=O)C3C(=O)c4c(O)cc(CN(CC5CC5)CC5CC5)c(C(F)(F)F)c4C[C@H]3C[C@@H]12. The Kier molecular flexibility index (Phi) is 7.33. The zero-order valence-electron chi connectivity index (χ0n) is 24.5. The van der Waals surface area contributed by atoms with Gasteiger partial charge in [0.2, 0.25) is 5.91 Å². The predicted molar refractivity (Wildman–Crippen MR) is 147 cm³/mol. The van der Waals surface area contributed by atoms with Crippen LogP contribution in [0.5, 0.6) is 5.75 Å². The van der Waals surface area contributed by atoms with Crippen molar-refractivity contribution in [1.29, 1.82) is 0 Å². The molecule has 1 aromatic carbocycles. The van der Waals surface area contributed by atoms with Crippen LogP contribution in [0.2, 0.25) is 0 Å². The molecule has 0 heterocycles. The molecule has 0 spiro atoms. The number of rotatable bonds is 8. The first-order valence-electron chi connectivity index (χ1n) is 15.1. The van der Waals surface area contributed by atoms with Gasteiger partial charge in [0.1, 0.15) is 5.75 Å². The van der Waals surface area contributed by atoms with Crippen LogP contribution in [0.4, 0.5) is 13.2 Å². The molecule has 238 valence electrons. The number of hydrogen-bond acceptors (Lipinski definition) is 9. The van der Waals surface area contributed by atoms with Crippen LogP contribution in [-0.4, -0.2) is 87.9 Å². The number of likely N-dealkylation sites (N-methyl/N-ethyl adjacent to an activating group) is 1. The number of benzene rings is 1. The fraction of sp³-hybridized carbons (Fsp3) is 0.645. The van der Waals surface area contributed by atoms with Crippen LogP contribution in [0.1, 0.15) is 59.2 Å². The van der Waals surface area contributed by atoms with Crippen molar-refractivity contribution in [2.24, 2.45) is 41.2 Å². The van der Waals surface area contributed by atoms with Gasteiger partial charge < -0.3 is 15.9 Å². The third kappa shape index (κ3) is 4.87. The average Bonchev–Trinajstić information content (AvgIpc) is 3.82. The number of ketones is 4. The molecule has 4 fully saturated rings. The zero-order chi connectivity index (χ0) is 32.0. The van der Waals surface area contributed by atoms with Crippen molar-refractivity contribution in [3.63, 3.8) is 0 Å². The molecule has 6 rings (SSSR count). The van der Waals surface area contributed by atoms with Crippen LogP contribution in [-0.2, 0) is 38.3 Å². The number of amides is 1. The maximum atomic E-state index is 14.9. The first-order chi connectivity index (χ1) is 20.5. The summed E-state index contributed by atoms with van der Waals surface area (Å²) in [6.45, 7) is 1.22. The summed E-state index contributed by atoms with van der Waals surface area (Å²) in [5.74, 6) is -12.4. The lowest BCUT2D eigenvalue weighted by atomic mass is 9.52. The van der Waals surface area contributed by atoms with E-state index in [9.17, 15) is 47.4 Å².